The van der Waals surface area contributed by atoms with Crippen LogP contribution < -0.4 is 16.4 Å². The van der Waals surface area contributed by atoms with Crippen LogP contribution in [0, 0.1) is 0 Å². The standard InChI is InChI=1S/C15H17N3O2S/c1-2-12(16)14(19)17-10-5-3-6-11(9-10)18-15(20)13-7-4-8-21-13/h3-9,12H,2,16H2,1H3,(H,17,19)(H,18,20)/t12-/m0/s1. The molecule has 0 fully saturated rings. The monoisotopic (exact) mass is 303 g/mol. The Bertz CT molecular complexity index is 626. The lowest BCUT2D eigenvalue weighted by molar-refractivity contribution is -0.117. The van der Waals surface area contributed by atoms with Crippen LogP contribution in [0.2, 0.25) is 0 Å². The number of benzene rings is 1. The fraction of sp³-hybridized carbons (Fsp3) is 0.200. The van der Waals surface area contributed by atoms with E-state index in [-0.39, 0.29) is 11.8 Å². The second kappa shape index (κ2) is 7.01. The fourth-order valence-electron chi connectivity index (χ4n) is 1.70. The van der Waals surface area contributed by atoms with Crippen molar-refractivity contribution in [2.24, 2.45) is 5.73 Å². The van der Waals surface area contributed by atoms with E-state index in [9.17, 15) is 9.59 Å². The number of carbonyl (C=O) groups is 2. The topological polar surface area (TPSA) is 84.2 Å². The first kappa shape index (κ1) is 15.2. The number of amides is 2. The summed E-state index contributed by atoms with van der Waals surface area (Å²) in [7, 11) is 0. The molecular formula is C15H17N3O2S. The summed E-state index contributed by atoms with van der Waals surface area (Å²) >= 11 is 1.37. The highest BCUT2D eigenvalue weighted by Gasteiger charge is 2.12. The predicted octanol–water partition coefficient (Wildman–Crippen LogP) is 2.68. The van der Waals surface area contributed by atoms with Crippen molar-refractivity contribution >= 4 is 34.5 Å². The van der Waals surface area contributed by atoms with Crippen molar-refractivity contribution in [1.82, 2.24) is 0 Å². The molecule has 0 aliphatic carbocycles. The smallest absolute Gasteiger partial charge is 0.265 e. The van der Waals surface area contributed by atoms with Crippen molar-refractivity contribution < 1.29 is 9.59 Å². The summed E-state index contributed by atoms with van der Waals surface area (Å²) in [5.41, 5.74) is 6.89. The van der Waals surface area contributed by atoms with Gasteiger partial charge in [0.15, 0.2) is 0 Å². The lowest BCUT2D eigenvalue weighted by atomic mass is 10.2. The van der Waals surface area contributed by atoms with E-state index < -0.39 is 6.04 Å². The number of carbonyl (C=O) groups excluding carboxylic acids is 2. The molecule has 1 atom stereocenters. The molecule has 2 rings (SSSR count). The van der Waals surface area contributed by atoms with Crippen molar-refractivity contribution in [3.63, 3.8) is 0 Å². The van der Waals surface area contributed by atoms with Crippen molar-refractivity contribution in [1.29, 1.82) is 0 Å². The Hall–Kier alpha value is -2.18. The molecule has 4 N–H and O–H groups in total. The van der Waals surface area contributed by atoms with Crippen molar-refractivity contribution in [2.45, 2.75) is 19.4 Å². The van der Waals surface area contributed by atoms with E-state index in [1.807, 2.05) is 18.4 Å². The SMILES string of the molecule is CC[C@H](N)C(=O)Nc1cccc(NC(=O)c2cccs2)c1. The largest absolute Gasteiger partial charge is 0.325 e. The molecule has 1 aromatic heterocycles. The maximum absolute atomic E-state index is 12.0. The molecule has 5 nitrogen and oxygen atoms in total. The third kappa shape index (κ3) is 4.14. The van der Waals surface area contributed by atoms with E-state index in [2.05, 4.69) is 10.6 Å². The van der Waals surface area contributed by atoms with Gasteiger partial charge in [0, 0.05) is 11.4 Å². The highest BCUT2D eigenvalue weighted by Crippen LogP contribution is 2.17. The molecule has 0 saturated heterocycles. The molecule has 1 heterocycles. The summed E-state index contributed by atoms with van der Waals surface area (Å²) in [5.74, 6) is -0.405. The van der Waals surface area contributed by atoms with Gasteiger partial charge in [0.1, 0.15) is 0 Å². The molecule has 21 heavy (non-hydrogen) atoms. The molecule has 1 aromatic carbocycles. The lowest BCUT2D eigenvalue weighted by Gasteiger charge is -2.11. The summed E-state index contributed by atoms with van der Waals surface area (Å²) < 4.78 is 0. The van der Waals surface area contributed by atoms with Gasteiger partial charge in [-0.3, -0.25) is 9.59 Å². The van der Waals surface area contributed by atoms with Crippen LogP contribution in [0.15, 0.2) is 41.8 Å². The molecule has 0 unspecified atom stereocenters. The van der Waals surface area contributed by atoms with Gasteiger partial charge in [-0.15, -0.1) is 11.3 Å². The molecule has 0 aliphatic rings. The number of nitrogens with two attached hydrogens (primary N) is 1. The van der Waals surface area contributed by atoms with Gasteiger partial charge in [0.05, 0.1) is 10.9 Å². The van der Waals surface area contributed by atoms with E-state index >= 15 is 0 Å². The first-order chi connectivity index (χ1) is 10.1. The van der Waals surface area contributed by atoms with Gasteiger partial charge in [-0.1, -0.05) is 19.1 Å². The van der Waals surface area contributed by atoms with Gasteiger partial charge in [0.2, 0.25) is 5.91 Å². The summed E-state index contributed by atoms with van der Waals surface area (Å²) in [4.78, 5) is 24.3. The van der Waals surface area contributed by atoms with Crippen LogP contribution in [0.25, 0.3) is 0 Å². The van der Waals surface area contributed by atoms with Gasteiger partial charge in [-0.2, -0.15) is 0 Å². The second-order valence-corrected chi connectivity index (χ2v) is 5.46. The first-order valence-corrected chi connectivity index (χ1v) is 7.49. The maximum Gasteiger partial charge on any atom is 0.265 e. The quantitative estimate of drug-likeness (QED) is 0.794. The molecule has 0 radical (unpaired) electrons. The highest BCUT2D eigenvalue weighted by molar-refractivity contribution is 7.12. The Morgan fingerprint density at radius 1 is 1.19 bits per heavy atom. The van der Waals surface area contributed by atoms with E-state index in [0.717, 1.165) is 0 Å². The zero-order valence-corrected chi connectivity index (χ0v) is 12.4. The van der Waals surface area contributed by atoms with E-state index in [0.29, 0.717) is 22.7 Å². The van der Waals surface area contributed by atoms with Crippen molar-refractivity contribution in [2.75, 3.05) is 10.6 Å². The van der Waals surface area contributed by atoms with Crippen LogP contribution in [0.1, 0.15) is 23.0 Å². The number of thiophene rings is 1. The average molecular weight is 303 g/mol. The Morgan fingerprint density at radius 3 is 2.52 bits per heavy atom. The molecule has 110 valence electrons. The molecule has 0 bridgehead atoms. The highest BCUT2D eigenvalue weighted by atomic mass is 32.1. The van der Waals surface area contributed by atoms with Crippen LogP contribution in [-0.2, 0) is 4.79 Å². The third-order valence-electron chi connectivity index (χ3n) is 2.91. The minimum absolute atomic E-state index is 0.168. The zero-order chi connectivity index (χ0) is 15.2. The second-order valence-electron chi connectivity index (χ2n) is 4.52. The number of rotatable bonds is 5. The Labute approximate surface area is 127 Å². The Kier molecular flexibility index (Phi) is 5.08. The van der Waals surface area contributed by atoms with E-state index in [1.165, 1.54) is 11.3 Å². The lowest BCUT2D eigenvalue weighted by Crippen LogP contribution is -2.34. The van der Waals surface area contributed by atoms with E-state index in [4.69, 9.17) is 5.73 Å². The minimum Gasteiger partial charge on any atom is -0.325 e. The molecule has 2 aromatic rings. The average Bonchev–Trinajstić information content (AvgIpc) is 3.01. The minimum atomic E-state index is -0.533. The van der Waals surface area contributed by atoms with Gasteiger partial charge in [0.25, 0.3) is 5.91 Å². The third-order valence-corrected chi connectivity index (χ3v) is 3.78. The van der Waals surface area contributed by atoms with Gasteiger partial charge >= 0.3 is 0 Å². The molecule has 0 spiro atoms. The van der Waals surface area contributed by atoms with Crippen LogP contribution >= 0.6 is 11.3 Å². The number of nitrogens with one attached hydrogen (secondary N) is 2. The van der Waals surface area contributed by atoms with Gasteiger partial charge in [-0.25, -0.2) is 0 Å². The predicted molar refractivity (Wildman–Crippen MR) is 85.6 cm³/mol. The van der Waals surface area contributed by atoms with E-state index in [1.54, 1.807) is 30.3 Å². The Balaban J connectivity index is 2.04. The number of anilines is 2. The van der Waals surface area contributed by atoms with Crippen LogP contribution in [0.4, 0.5) is 11.4 Å². The van der Waals surface area contributed by atoms with Crippen LogP contribution in [0.3, 0.4) is 0 Å². The molecule has 6 heteroatoms. The van der Waals surface area contributed by atoms with Crippen molar-refractivity contribution in [3.8, 4) is 0 Å². The van der Waals surface area contributed by atoms with Gasteiger partial charge in [-0.05, 0) is 36.1 Å². The molecular weight excluding hydrogens is 286 g/mol. The van der Waals surface area contributed by atoms with Crippen molar-refractivity contribution in [3.05, 3.63) is 46.7 Å². The summed E-state index contributed by atoms with van der Waals surface area (Å²) in [5, 5.41) is 7.36. The van der Waals surface area contributed by atoms with Gasteiger partial charge < -0.3 is 16.4 Å². The normalized spacial score (nSPS) is 11.7. The summed E-state index contributed by atoms with van der Waals surface area (Å²) in [6.45, 7) is 1.85. The zero-order valence-electron chi connectivity index (χ0n) is 11.6. The molecule has 0 aliphatic heterocycles. The maximum atomic E-state index is 12.0. The number of hydrogen-bond donors (Lipinski definition) is 3. The summed E-state index contributed by atoms with van der Waals surface area (Å²) in [6, 6.07) is 10.0. The number of hydrogen-bond acceptors (Lipinski definition) is 4. The van der Waals surface area contributed by atoms with Crippen LogP contribution in [0.5, 0.6) is 0 Å². The molecule has 0 saturated carbocycles. The molecule has 2 amide bonds. The summed E-state index contributed by atoms with van der Waals surface area (Å²) in [6.07, 6.45) is 0.570. The first-order valence-electron chi connectivity index (χ1n) is 6.61. The van der Waals surface area contributed by atoms with Crippen LogP contribution in [-0.4, -0.2) is 17.9 Å². The Morgan fingerprint density at radius 2 is 1.90 bits per heavy atom. The fourth-order valence-corrected chi connectivity index (χ4v) is 2.31.